The van der Waals surface area contributed by atoms with Gasteiger partial charge in [0.1, 0.15) is 0 Å². The third-order valence-corrected chi connectivity index (χ3v) is 2.91. The molecule has 1 unspecified atom stereocenters. The maximum atomic E-state index is 12.8. The smallest absolute Gasteiger partial charge is 0.382 e. The number of ether oxygens (including phenoxy) is 1. The van der Waals surface area contributed by atoms with Crippen molar-refractivity contribution in [1.29, 1.82) is 5.26 Å². The summed E-state index contributed by atoms with van der Waals surface area (Å²) in [7, 11) is 1.51. The van der Waals surface area contributed by atoms with E-state index < -0.39 is 23.2 Å². The number of halogens is 3. The average molecular weight is 300 g/mol. The summed E-state index contributed by atoms with van der Waals surface area (Å²) < 4.78 is 43.3. The zero-order chi connectivity index (χ0) is 16.0. The summed E-state index contributed by atoms with van der Waals surface area (Å²) in [5, 5.41) is 11.1. The summed E-state index contributed by atoms with van der Waals surface area (Å²) in [5.41, 5.74) is -1.53. The van der Waals surface area contributed by atoms with Crippen LogP contribution in [0.2, 0.25) is 0 Å². The van der Waals surface area contributed by atoms with Crippen LogP contribution in [0.5, 0.6) is 0 Å². The van der Waals surface area contributed by atoms with Crippen molar-refractivity contribution in [2.75, 3.05) is 12.4 Å². The van der Waals surface area contributed by atoms with Crippen molar-refractivity contribution in [3.05, 3.63) is 29.3 Å². The quantitative estimate of drug-likeness (QED) is 0.907. The number of benzene rings is 1. The van der Waals surface area contributed by atoms with Crippen LogP contribution in [0.3, 0.4) is 0 Å². The van der Waals surface area contributed by atoms with E-state index in [2.05, 4.69) is 5.32 Å². The van der Waals surface area contributed by atoms with Crippen molar-refractivity contribution in [3.8, 4) is 6.07 Å². The molecule has 1 aromatic carbocycles. The number of hydrogen-bond donors (Lipinski definition) is 1. The zero-order valence-corrected chi connectivity index (χ0v) is 11.6. The molecular weight excluding hydrogens is 285 g/mol. The Morgan fingerprint density at radius 3 is 2.67 bits per heavy atom. The minimum atomic E-state index is -4.64. The van der Waals surface area contributed by atoms with Crippen LogP contribution < -0.4 is 5.32 Å². The van der Waals surface area contributed by atoms with Gasteiger partial charge in [-0.05, 0) is 31.5 Å². The van der Waals surface area contributed by atoms with Crippen LogP contribution in [0.15, 0.2) is 18.2 Å². The Bertz CT molecular complexity index is 550. The summed E-state index contributed by atoms with van der Waals surface area (Å²) in [6, 6.07) is 4.55. The van der Waals surface area contributed by atoms with Crippen LogP contribution in [0.25, 0.3) is 0 Å². The van der Waals surface area contributed by atoms with Crippen molar-refractivity contribution in [1.82, 2.24) is 0 Å². The number of carbonyl (C=O) groups is 1. The van der Waals surface area contributed by atoms with E-state index in [0.717, 1.165) is 12.1 Å². The van der Waals surface area contributed by atoms with Crippen LogP contribution >= 0.6 is 0 Å². The van der Waals surface area contributed by atoms with E-state index >= 15 is 0 Å². The monoisotopic (exact) mass is 300 g/mol. The number of anilines is 1. The van der Waals surface area contributed by atoms with E-state index in [1.165, 1.54) is 19.2 Å². The maximum absolute atomic E-state index is 12.8. The van der Waals surface area contributed by atoms with Gasteiger partial charge >= 0.3 is 6.18 Å². The molecule has 1 atom stereocenters. The van der Waals surface area contributed by atoms with Gasteiger partial charge in [-0.15, -0.1) is 0 Å². The van der Waals surface area contributed by atoms with Gasteiger partial charge in [0.05, 0.1) is 23.3 Å². The lowest BCUT2D eigenvalue weighted by molar-refractivity contribution is -0.137. The molecule has 0 fully saturated rings. The molecule has 0 aliphatic heterocycles. The Morgan fingerprint density at radius 1 is 1.48 bits per heavy atom. The summed E-state index contributed by atoms with van der Waals surface area (Å²) in [6.45, 7) is 1.79. The number of nitrogens with zero attached hydrogens (tertiary/aromatic N) is 1. The molecule has 21 heavy (non-hydrogen) atoms. The lowest BCUT2D eigenvalue weighted by atomic mass is 10.1. The van der Waals surface area contributed by atoms with Gasteiger partial charge in [0.15, 0.2) is 0 Å². The van der Waals surface area contributed by atoms with Gasteiger partial charge in [-0.25, -0.2) is 0 Å². The molecule has 0 saturated heterocycles. The van der Waals surface area contributed by atoms with Crippen LogP contribution in [0.4, 0.5) is 18.9 Å². The molecule has 1 aromatic rings. The van der Waals surface area contributed by atoms with Crippen LogP contribution in [0.1, 0.15) is 30.9 Å². The second-order valence-corrected chi connectivity index (χ2v) is 4.50. The largest absolute Gasteiger partial charge is 0.417 e. The van der Waals surface area contributed by atoms with Crippen molar-refractivity contribution < 1.29 is 22.7 Å². The Labute approximate surface area is 120 Å². The number of amides is 1. The summed E-state index contributed by atoms with van der Waals surface area (Å²) >= 11 is 0. The lowest BCUT2D eigenvalue weighted by Crippen LogP contribution is -2.16. The Balaban J connectivity index is 2.82. The minimum Gasteiger partial charge on any atom is -0.382 e. The fourth-order valence-corrected chi connectivity index (χ4v) is 1.63. The Kier molecular flexibility index (Phi) is 5.73. The van der Waals surface area contributed by atoms with Gasteiger partial charge in [0.25, 0.3) is 0 Å². The molecule has 0 bridgehead atoms. The number of methoxy groups -OCH3 is 1. The number of alkyl halides is 3. The third kappa shape index (κ3) is 5.08. The topological polar surface area (TPSA) is 62.1 Å². The molecule has 0 heterocycles. The standard InChI is InChI=1S/C14H15F3N2O2/c1-9(21-2)3-6-13(20)19-11-5-4-10(8-18)12(7-11)14(15,16)17/h4-5,7,9H,3,6H2,1-2H3,(H,19,20). The van der Waals surface area contributed by atoms with E-state index in [0.29, 0.717) is 6.42 Å². The van der Waals surface area contributed by atoms with E-state index in [1.807, 2.05) is 0 Å². The first kappa shape index (κ1) is 17.0. The molecular formula is C14H15F3N2O2. The number of nitrogens with one attached hydrogen (secondary N) is 1. The molecule has 0 saturated carbocycles. The number of hydrogen-bond acceptors (Lipinski definition) is 3. The van der Waals surface area contributed by atoms with Crippen molar-refractivity contribution in [2.45, 2.75) is 32.0 Å². The Morgan fingerprint density at radius 2 is 2.14 bits per heavy atom. The molecule has 1 N–H and O–H groups in total. The van der Waals surface area contributed by atoms with Crippen molar-refractivity contribution in [2.24, 2.45) is 0 Å². The normalized spacial score (nSPS) is 12.6. The van der Waals surface area contributed by atoms with E-state index in [1.54, 1.807) is 6.92 Å². The first-order chi connectivity index (χ1) is 9.77. The molecule has 0 aliphatic carbocycles. The predicted molar refractivity (Wildman–Crippen MR) is 70.5 cm³/mol. The fourth-order valence-electron chi connectivity index (χ4n) is 1.63. The van der Waals surface area contributed by atoms with Crippen LogP contribution in [-0.2, 0) is 15.7 Å². The fraction of sp³-hybridized carbons (Fsp3) is 0.429. The van der Waals surface area contributed by atoms with Gasteiger partial charge in [-0.2, -0.15) is 18.4 Å². The zero-order valence-electron chi connectivity index (χ0n) is 11.6. The second kappa shape index (κ2) is 7.09. The highest BCUT2D eigenvalue weighted by molar-refractivity contribution is 5.90. The van der Waals surface area contributed by atoms with Crippen molar-refractivity contribution in [3.63, 3.8) is 0 Å². The highest BCUT2D eigenvalue weighted by Gasteiger charge is 2.33. The SMILES string of the molecule is COC(C)CCC(=O)Nc1ccc(C#N)c(C(F)(F)F)c1. The first-order valence-electron chi connectivity index (χ1n) is 6.22. The van der Waals surface area contributed by atoms with Gasteiger partial charge in [0, 0.05) is 19.2 Å². The molecule has 0 radical (unpaired) electrons. The highest BCUT2D eigenvalue weighted by Crippen LogP contribution is 2.33. The minimum absolute atomic E-state index is 0.0106. The van der Waals surface area contributed by atoms with Gasteiger partial charge in [-0.1, -0.05) is 0 Å². The van der Waals surface area contributed by atoms with Crippen molar-refractivity contribution >= 4 is 11.6 Å². The number of carbonyl (C=O) groups excluding carboxylic acids is 1. The van der Waals surface area contributed by atoms with Crippen LogP contribution in [0, 0.1) is 11.3 Å². The molecule has 0 aromatic heterocycles. The van der Waals surface area contributed by atoms with E-state index in [-0.39, 0.29) is 18.2 Å². The Hall–Kier alpha value is -2.07. The lowest BCUT2D eigenvalue weighted by Gasteiger charge is -2.12. The van der Waals surface area contributed by atoms with Gasteiger partial charge in [0.2, 0.25) is 5.91 Å². The molecule has 7 heteroatoms. The molecule has 0 spiro atoms. The number of rotatable bonds is 5. The molecule has 0 aliphatic rings. The highest BCUT2D eigenvalue weighted by atomic mass is 19.4. The van der Waals surface area contributed by atoms with E-state index in [9.17, 15) is 18.0 Å². The first-order valence-corrected chi connectivity index (χ1v) is 6.22. The summed E-state index contributed by atoms with van der Waals surface area (Å²) in [5.74, 6) is -0.406. The average Bonchev–Trinajstić information content (AvgIpc) is 2.43. The second-order valence-electron chi connectivity index (χ2n) is 4.50. The van der Waals surface area contributed by atoms with E-state index in [4.69, 9.17) is 10.00 Å². The molecule has 114 valence electrons. The van der Waals surface area contributed by atoms with Gasteiger partial charge in [-0.3, -0.25) is 4.79 Å². The predicted octanol–water partition coefficient (Wildman–Crippen LogP) is 3.33. The summed E-state index contributed by atoms with van der Waals surface area (Å²) in [4.78, 5) is 11.6. The van der Waals surface area contributed by atoms with Gasteiger partial charge < -0.3 is 10.1 Å². The molecule has 1 amide bonds. The number of nitriles is 1. The summed E-state index contributed by atoms with van der Waals surface area (Å²) in [6.07, 6.45) is -4.15. The molecule has 1 rings (SSSR count). The van der Waals surface area contributed by atoms with Crippen LogP contribution in [-0.4, -0.2) is 19.1 Å². The third-order valence-electron chi connectivity index (χ3n) is 2.91. The maximum Gasteiger partial charge on any atom is 0.417 e. The molecule has 4 nitrogen and oxygen atoms in total.